The van der Waals surface area contributed by atoms with Crippen molar-refractivity contribution in [2.75, 3.05) is 5.75 Å². The Hall–Kier alpha value is -0.130. The van der Waals surface area contributed by atoms with E-state index in [0.717, 1.165) is 10.1 Å². The van der Waals surface area contributed by atoms with Crippen LogP contribution in [0.4, 0.5) is 0 Å². The first kappa shape index (κ1) is 10.9. The first-order valence-electron chi connectivity index (χ1n) is 4.14. The molecule has 3 nitrogen and oxygen atoms in total. The van der Waals surface area contributed by atoms with Crippen LogP contribution in [0.1, 0.15) is 20.8 Å². The minimum Gasteiger partial charge on any atom is -0.326 e. The Balaban J connectivity index is 2.35. The van der Waals surface area contributed by atoms with Crippen LogP contribution in [0.15, 0.2) is 9.85 Å². The largest absolute Gasteiger partial charge is 0.326 e. The van der Waals surface area contributed by atoms with Gasteiger partial charge in [0.05, 0.1) is 0 Å². The summed E-state index contributed by atoms with van der Waals surface area (Å²) in [6.07, 6.45) is 0. The molecule has 1 atom stereocenters. The maximum Gasteiger partial charge on any atom is 0.174 e. The van der Waals surface area contributed by atoms with Gasteiger partial charge in [-0.2, -0.15) is 0 Å². The zero-order chi connectivity index (χ0) is 9.90. The third-order valence-corrected chi connectivity index (χ3v) is 3.82. The van der Waals surface area contributed by atoms with Crippen molar-refractivity contribution in [1.82, 2.24) is 10.2 Å². The van der Waals surface area contributed by atoms with Gasteiger partial charge in [-0.15, -0.1) is 10.2 Å². The molecule has 0 aliphatic rings. The summed E-state index contributed by atoms with van der Waals surface area (Å²) in [5, 5.41) is 7.72. The monoisotopic (exact) mass is 217 g/mol. The molecular formula is C8H15N3S2. The minimum absolute atomic E-state index is 0.164. The van der Waals surface area contributed by atoms with Crippen molar-refractivity contribution in [2.45, 2.75) is 31.2 Å². The molecule has 0 aromatic carbocycles. The van der Waals surface area contributed by atoms with Gasteiger partial charge in [-0.3, -0.25) is 0 Å². The Morgan fingerprint density at radius 2 is 2.31 bits per heavy atom. The summed E-state index contributed by atoms with van der Waals surface area (Å²) in [4.78, 5) is 0. The fourth-order valence-corrected chi connectivity index (χ4v) is 2.45. The molecule has 0 saturated carbocycles. The molecule has 1 aromatic heterocycles. The molecule has 1 heterocycles. The molecule has 13 heavy (non-hydrogen) atoms. The highest BCUT2D eigenvalue weighted by atomic mass is 32.2. The molecule has 0 radical (unpaired) electrons. The van der Waals surface area contributed by atoms with Gasteiger partial charge >= 0.3 is 0 Å². The lowest BCUT2D eigenvalue weighted by Crippen LogP contribution is -2.37. The molecule has 0 spiro atoms. The molecule has 0 saturated heterocycles. The fraction of sp³-hybridized carbons (Fsp3) is 0.750. The molecule has 1 unspecified atom stereocenters. The summed E-state index contributed by atoms with van der Waals surface area (Å²) in [7, 11) is 0. The summed E-state index contributed by atoms with van der Waals surface area (Å²) in [5.74, 6) is 0.901. The molecule has 74 valence electrons. The number of nitrogens with two attached hydrogens (primary N) is 1. The van der Waals surface area contributed by atoms with Gasteiger partial charge in [-0.1, -0.05) is 43.9 Å². The third kappa shape index (κ3) is 3.62. The Morgan fingerprint density at radius 3 is 2.77 bits per heavy atom. The molecule has 5 heteroatoms. The van der Waals surface area contributed by atoms with Gasteiger partial charge in [-0.05, 0) is 5.41 Å². The van der Waals surface area contributed by atoms with Crippen molar-refractivity contribution in [3.8, 4) is 0 Å². The standard InChI is InChI=1S/C8H15N3S2/c1-8(2,3)6(9)4-12-7-11-10-5-13-7/h5-6H,4,9H2,1-3H3. The predicted molar refractivity (Wildman–Crippen MR) is 58.1 cm³/mol. The number of rotatable bonds is 3. The summed E-state index contributed by atoms with van der Waals surface area (Å²) in [6, 6.07) is 0.196. The molecule has 0 amide bonds. The average molecular weight is 217 g/mol. The van der Waals surface area contributed by atoms with Crippen LogP contribution >= 0.6 is 23.1 Å². The van der Waals surface area contributed by atoms with Crippen molar-refractivity contribution >= 4 is 23.1 Å². The molecule has 0 bridgehead atoms. The lowest BCUT2D eigenvalue weighted by molar-refractivity contribution is 0.344. The smallest absolute Gasteiger partial charge is 0.174 e. The SMILES string of the molecule is CC(C)(C)C(N)CSc1nncs1. The number of nitrogens with zero attached hydrogens (tertiary/aromatic N) is 2. The van der Waals surface area contributed by atoms with E-state index in [-0.39, 0.29) is 11.5 Å². The van der Waals surface area contributed by atoms with E-state index >= 15 is 0 Å². The van der Waals surface area contributed by atoms with E-state index in [2.05, 4.69) is 31.0 Å². The number of hydrogen-bond donors (Lipinski definition) is 1. The number of thioether (sulfide) groups is 1. The quantitative estimate of drug-likeness (QED) is 0.787. The molecule has 0 fully saturated rings. The van der Waals surface area contributed by atoms with Crippen LogP contribution in [0.5, 0.6) is 0 Å². The fourth-order valence-electron chi connectivity index (χ4n) is 0.637. The van der Waals surface area contributed by atoms with E-state index in [1.165, 1.54) is 0 Å². The van der Waals surface area contributed by atoms with Gasteiger partial charge in [0.25, 0.3) is 0 Å². The molecule has 2 N–H and O–H groups in total. The Labute approximate surface area is 87.1 Å². The lowest BCUT2D eigenvalue weighted by atomic mass is 9.89. The van der Waals surface area contributed by atoms with E-state index < -0.39 is 0 Å². The molecule has 0 aliphatic heterocycles. The minimum atomic E-state index is 0.164. The Kier molecular flexibility index (Phi) is 3.70. The Bertz CT molecular complexity index is 240. The average Bonchev–Trinajstić information content (AvgIpc) is 2.50. The van der Waals surface area contributed by atoms with E-state index in [1.807, 2.05) is 0 Å². The molecule has 1 aromatic rings. The van der Waals surface area contributed by atoms with Crippen molar-refractivity contribution in [2.24, 2.45) is 11.1 Å². The van der Waals surface area contributed by atoms with E-state index in [9.17, 15) is 0 Å². The van der Waals surface area contributed by atoms with Crippen LogP contribution in [0.3, 0.4) is 0 Å². The van der Waals surface area contributed by atoms with Crippen LogP contribution in [-0.2, 0) is 0 Å². The van der Waals surface area contributed by atoms with Crippen LogP contribution < -0.4 is 5.73 Å². The summed E-state index contributed by atoms with van der Waals surface area (Å²) in [6.45, 7) is 6.45. The maximum atomic E-state index is 6.00. The third-order valence-electron chi connectivity index (χ3n) is 1.84. The van der Waals surface area contributed by atoms with Crippen molar-refractivity contribution in [3.05, 3.63) is 5.51 Å². The maximum absolute atomic E-state index is 6.00. The number of hydrogen-bond acceptors (Lipinski definition) is 5. The summed E-state index contributed by atoms with van der Waals surface area (Å²) in [5.41, 5.74) is 7.91. The van der Waals surface area contributed by atoms with Crippen LogP contribution in [0.2, 0.25) is 0 Å². The predicted octanol–water partition coefficient (Wildman–Crippen LogP) is 2.00. The van der Waals surface area contributed by atoms with E-state index in [1.54, 1.807) is 28.6 Å². The van der Waals surface area contributed by atoms with Gasteiger partial charge in [0, 0.05) is 11.8 Å². The summed E-state index contributed by atoms with van der Waals surface area (Å²) < 4.78 is 1.000. The second-order valence-corrected chi connectivity index (χ2v) is 6.09. The normalized spacial score (nSPS) is 14.5. The Morgan fingerprint density at radius 1 is 1.62 bits per heavy atom. The van der Waals surface area contributed by atoms with Gasteiger partial charge in [0.15, 0.2) is 4.34 Å². The second kappa shape index (κ2) is 4.39. The van der Waals surface area contributed by atoms with Gasteiger partial charge in [0.2, 0.25) is 0 Å². The van der Waals surface area contributed by atoms with Gasteiger partial charge < -0.3 is 5.73 Å². The topological polar surface area (TPSA) is 51.8 Å². The zero-order valence-corrected chi connectivity index (χ0v) is 9.78. The van der Waals surface area contributed by atoms with Crippen molar-refractivity contribution < 1.29 is 0 Å². The second-order valence-electron chi connectivity index (χ2n) is 3.99. The highest BCUT2D eigenvalue weighted by molar-refractivity contribution is 8.01. The first-order chi connectivity index (χ1) is 6.00. The highest BCUT2D eigenvalue weighted by Crippen LogP contribution is 2.25. The number of aromatic nitrogens is 2. The van der Waals surface area contributed by atoms with Crippen molar-refractivity contribution in [3.63, 3.8) is 0 Å². The first-order valence-corrected chi connectivity index (χ1v) is 6.01. The van der Waals surface area contributed by atoms with Crippen LogP contribution in [0.25, 0.3) is 0 Å². The molecular weight excluding hydrogens is 202 g/mol. The lowest BCUT2D eigenvalue weighted by Gasteiger charge is -2.26. The van der Waals surface area contributed by atoms with E-state index in [0.29, 0.717) is 0 Å². The van der Waals surface area contributed by atoms with Gasteiger partial charge in [0.1, 0.15) is 5.51 Å². The van der Waals surface area contributed by atoms with Crippen LogP contribution in [0, 0.1) is 5.41 Å². The van der Waals surface area contributed by atoms with E-state index in [4.69, 9.17) is 5.73 Å². The highest BCUT2D eigenvalue weighted by Gasteiger charge is 2.20. The molecule has 0 aliphatic carbocycles. The van der Waals surface area contributed by atoms with Gasteiger partial charge in [-0.25, -0.2) is 0 Å². The summed E-state index contributed by atoms with van der Waals surface area (Å²) >= 11 is 3.24. The van der Waals surface area contributed by atoms with Crippen LogP contribution in [-0.4, -0.2) is 22.0 Å². The van der Waals surface area contributed by atoms with Crippen molar-refractivity contribution in [1.29, 1.82) is 0 Å². The zero-order valence-electron chi connectivity index (χ0n) is 8.15. The molecule has 1 rings (SSSR count).